The number of benzene rings is 1. The molecule has 0 bridgehead atoms. The van der Waals surface area contributed by atoms with Gasteiger partial charge in [0.05, 0.1) is 4.90 Å². The molecule has 1 amide bonds. The molecule has 0 aromatic heterocycles. The van der Waals surface area contributed by atoms with E-state index in [1.54, 1.807) is 0 Å². The average molecular weight is 277 g/mol. The molecule has 0 aliphatic carbocycles. The van der Waals surface area contributed by atoms with Gasteiger partial charge < -0.3 is 5.32 Å². The minimum Gasteiger partial charge on any atom is -0.326 e. The van der Waals surface area contributed by atoms with Crippen molar-refractivity contribution in [2.45, 2.75) is 11.3 Å². The minimum absolute atomic E-state index is 0.148. The highest BCUT2D eigenvalue weighted by Gasteiger charge is 2.10. The second-order valence-corrected chi connectivity index (χ2v) is 5.48. The van der Waals surface area contributed by atoms with Crippen molar-refractivity contribution < 1.29 is 13.2 Å². The molecule has 0 aliphatic heterocycles. The third kappa shape index (κ3) is 3.99. The summed E-state index contributed by atoms with van der Waals surface area (Å²) in [6.45, 7) is 0. The molecule has 0 aliphatic rings. The number of hydrogen-bond acceptors (Lipinski definition) is 3. The Morgan fingerprint density at radius 3 is 2.35 bits per heavy atom. The van der Waals surface area contributed by atoms with Gasteiger partial charge in [-0.25, -0.2) is 13.1 Å². The molecule has 1 aromatic carbocycles. The Hall–Kier alpha value is -1.11. The van der Waals surface area contributed by atoms with Crippen molar-refractivity contribution in [2.75, 3.05) is 18.2 Å². The van der Waals surface area contributed by atoms with Gasteiger partial charge in [0, 0.05) is 18.0 Å². The van der Waals surface area contributed by atoms with Gasteiger partial charge in [0.25, 0.3) is 0 Å². The lowest BCUT2D eigenvalue weighted by Gasteiger charge is -2.06. The third-order valence-corrected chi connectivity index (χ3v) is 3.66. The van der Waals surface area contributed by atoms with Crippen LogP contribution in [0.25, 0.3) is 0 Å². The molecule has 1 rings (SSSR count). The van der Waals surface area contributed by atoms with Crippen LogP contribution in [0.5, 0.6) is 0 Å². The highest BCUT2D eigenvalue weighted by Crippen LogP contribution is 2.13. The fourth-order valence-electron chi connectivity index (χ4n) is 1.14. The van der Waals surface area contributed by atoms with Crippen LogP contribution in [0, 0.1) is 0 Å². The summed E-state index contributed by atoms with van der Waals surface area (Å²) in [4.78, 5) is 11.4. The summed E-state index contributed by atoms with van der Waals surface area (Å²) in [6, 6.07) is 5.89. The fraction of sp³-hybridized carbons (Fsp3) is 0.300. The monoisotopic (exact) mass is 276 g/mol. The third-order valence-electron chi connectivity index (χ3n) is 2.04. The van der Waals surface area contributed by atoms with Crippen molar-refractivity contribution in [1.82, 2.24) is 4.72 Å². The zero-order chi connectivity index (χ0) is 12.9. The van der Waals surface area contributed by atoms with Crippen molar-refractivity contribution in [3.63, 3.8) is 0 Å². The van der Waals surface area contributed by atoms with E-state index in [0.717, 1.165) is 0 Å². The molecule has 0 fully saturated rings. The van der Waals surface area contributed by atoms with Gasteiger partial charge in [0.15, 0.2) is 0 Å². The largest absolute Gasteiger partial charge is 0.326 e. The van der Waals surface area contributed by atoms with Crippen LogP contribution in [0.3, 0.4) is 0 Å². The Kier molecular flexibility index (Phi) is 4.92. The summed E-state index contributed by atoms with van der Waals surface area (Å²) < 4.78 is 25.0. The minimum atomic E-state index is -3.44. The lowest BCUT2D eigenvalue weighted by molar-refractivity contribution is -0.115. The Labute approximate surface area is 105 Å². The normalized spacial score (nSPS) is 11.2. The topological polar surface area (TPSA) is 75.3 Å². The Morgan fingerprint density at radius 1 is 1.29 bits per heavy atom. The number of sulfonamides is 1. The lowest BCUT2D eigenvalue weighted by Crippen LogP contribution is -2.18. The first kappa shape index (κ1) is 14.0. The Bertz CT molecular complexity index is 485. The number of rotatable bonds is 5. The predicted octanol–water partition coefficient (Wildman–Crippen LogP) is 1.16. The van der Waals surface area contributed by atoms with Gasteiger partial charge in [-0.1, -0.05) is 0 Å². The van der Waals surface area contributed by atoms with Crippen LogP contribution in [-0.4, -0.2) is 27.3 Å². The molecular formula is C10H13ClN2O3S. The van der Waals surface area contributed by atoms with E-state index < -0.39 is 10.0 Å². The second kappa shape index (κ2) is 6.00. The molecule has 2 N–H and O–H groups in total. The van der Waals surface area contributed by atoms with E-state index in [1.807, 2.05) is 0 Å². The van der Waals surface area contributed by atoms with Gasteiger partial charge in [-0.2, -0.15) is 0 Å². The molecule has 0 radical (unpaired) electrons. The number of amides is 1. The molecule has 7 heteroatoms. The Balaban J connectivity index is 2.79. The SMILES string of the molecule is CNS(=O)(=O)c1ccc(NC(=O)CCCl)cc1. The van der Waals surface area contributed by atoms with Crippen molar-refractivity contribution in [2.24, 2.45) is 0 Å². The number of alkyl halides is 1. The molecular weight excluding hydrogens is 264 g/mol. The van der Waals surface area contributed by atoms with Crippen LogP contribution >= 0.6 is 11.6 Å². The predicted molar refractivity (Wildman–Crippen MR) is 66.7 cm³/mol. The van der Waals surface area contributed by atoms with Gasteiger partial charge in [0.1, 0.15) is 0 Å². The summed E-state index contributed by atoms with van der Waals surface area (Å²) >= 11 is 5.42. The Morgan fingerprint density at radius 2 is 1.88 bits per heavy atom. The van der Waals surface area contributed by atoms with Crippen molar-refractivity contribution in [1.29, 1.82) is 0 Å². The van der Waals surface area contributed by atoms with Crippen LogP contribution in [0.4, 0.5) is 5.69 Å². The first-order valence-electron chi connectivity index (χ1n) is 4.89. The summed E-state index contributed by atoms with van der Waals surface area (Å²) in [5.41, 5.74) is 0.537. The van der Waals surface area contributed by atoms with Crippen LogP contribution < -0.4 is 10.0 Å². The smallest absolute Gasteiger partial charge is 0.240 e. The van der Waals surface area contributed by atoms with E-state index in [-0.39, 0.29) is 23.1 Å². The highest BCUT2D eigenvalue weighted by molar-refractivity contribution is 7.89. The summed E-state index contributed by atoms with van der Waals surface area (Å²) in [6.07, 6.45) is 0.220. The molecule has 1 aromatic rings. The van der Waals surface area contributed by atoms with Crippen LogP contribution in [0.15, 0.2) is 29.2 Å². The van der Waals surface area contributed by atoms with Gasteiger partial charge in [-0.15, -0.1) is 11.6 Å². The van der Waals surface area contributed by atoms with Crippen molar-refractivity contribution >= 4 is 33.2 Å². The molecule has 94 valence electrons. The molecule has 0 atom stereocenters. The maximum Gasteiger partial charge on any atom is 0.240 e. The molecule has 17 heavy (non-hydrogen) atoms. The lowest BCUT2D eigenvalue weighted by atomic mass is 10.3. The number of nitrogens with one attached hydrogen (secondary N) is 2. The summed E-state index contributed by atoms with van der Waals surface area (Å²) in [5, 5.41) is 2.60. The van der Waals surface area contributed by atoms with Crippen LogP contribution in [0.1, 0.15) is 6.42 Å². The summed E-state index contributed by atoms with van der Waals surface area (Å²) in [5.74, 6) is 0.0436. The van der Waals surface area contributed by atoms with E-state index >= 15 is 0 Å². The first-order valence-corrected chi connectivity index (χ1v) is 6.91. The standard InChI is InChI=1S/C10H13ClN2O3S/c1-12-17(15,16)9-4-2-8(3-5-9)13-10(14)6-7-11/h2-5,12H,6-7H2,1H3,(H,13,14). The zero-order valence-electron chi connectivity index (χ0n) is 9.23. The quantitative estimate of drug-likeness (QED) is 0.793. The molecule has 0 heterocycles. The number of carbonyl (C=O) groups is 1. The van der Waals surface area contributed by atoms with Gasteiger partial charge in [-0.3, -0.25) is 4.79 Å². The fourth-order valence-corrected chi connectivity index (χ4v) is 2.05. The van der Waals surface area contributed by atoms with Crippen molar-refractivity contribution in [3.05, 3.63) is 24.3 Å². The highest BCUT2D eigenvalue weighted by atomic mass is 35.5. The molecule has 0 unspecified atom stereocenters. The molecule has 0 saturated carbocycles. The number of anilines is 1. The first-order chi connectivity index (χ1) is 7.99. The molecule has 5 nitrogen and oxygen atoms in total. The maximum absolute atomic E-state index is 11.4. The van der Waals surface area contributed by atoms with Crippen LogP contribution in [0.2, 0.25) is 0 Å². The maximum atomic E-state index is 11.4. The second-order valence-electron chi connectivity index (χ2n) is 3.22. The van der Waals surface area contributed by atoms with Gasteiger partial charge >= 0.3 is 0 Å². The van der Waals surface area contributed by atoms with E-state index in [4.69, 9.17) is 11.6 Å². The number of carbonyl (C=O) groups excluding carboxylic acids is 1. The van der Waals surface area contributed by atoms with E-state index in [0.29, 0.717) is 5.69 Å². The number of halogens is 1. The summed E-state index contributed by atoms with van der Waals surface area (Å²) in [7, 11) is -2.10. The number of hydrogen-bond donors (Lipinski definition) is 2. The zero-order valence-corrected chi connectivity index (χ0v) is 10.8. The van der Waals surface area contributed by atoms with E-state index in [2.05, 4.69) is 10.0 Å². The van der Waals surface area contributed by atoms with Gasteiger partial charge in [0.2, 0.25) is 15.9 Å². The molecule has 0 saturated heterocycles. The van der Waals surface area contributed by atoms with E-state index in [9.17, 15) is 13.2 Å². The van der Waals surface area contributed by atoms with E-state index in [1.165, 1.54) is 31.3 Å². The molecule has 0 spiro atoms. The average Bonchev–Trinajstić information content (AvgIpc) is 2.30. The van der Waals surface area contributed by atoms with Gasteiger partial charge in [-0.05, 0) is 31.3 Å². The van der Waals surface area contributed by atoms with Crippen molar-refractivity contribution in [3.8, 4) is 0 Å². The van der Waals surface area contributed by atoms with Crippen LogP contribution in [-0.2, 0) is 14.8 Å².